The van der Waals surface area contributed by atoms with Crippen molar-refractivity contribution in [1.29, 1.82) is 0 Å². The van der Waals surface area contributed by atoms with Crippen molar-refractivity contribution < 1.29 is 4.79 Å². The van der Waals surface area contributed by atoms with E-state index in [0.29, 0.717) is 17.5 Å². The second-order valence-electron chi connectivity index (χ2n) is 6.30. The molecule has 1 unspecified atom stereocenters. The fourth-order valence-corrected chi connectivity index (χ4v) is 3.63. The van der Waals surface area contributed by atoms with Crippen LogP contribution in [0.4, 0.5) is 11.5 Å². The molecule has 0 spiro atoms. The van der Waals surface area contributed by atoms with Gasteiger partial charge in [-0.1, -0.05) is 60.3 Å². The average molecular weight is 395 g/mol. The summed E-state index contributed by atoms with van der Waals surface area (Å²) in [5.41, 5.74) is 7.54. The van der Waals surface area contributed by atoms with Crippen LogP contribution in [0, 0.1) is 0 Å². The Morgan fingerprint density at radius 3 is 2.46 bits per heavy atom. The van der Waals surface area contributed by atoms with Crippen molar-refractivity contribution in [3.8, 4) is 0 Å². The van der Waals surface area contributed by atoms with Gasteiger partial charge in [0.25, 0.3) is 5.56 Å². The summed E-state index contributed by atoms with van der Waals surface area (Å²) >= 11 is 1.22. The molecule has 144 valence electrons. The van der Waals surface area contributed by atoms with Crippen LogP contribution < -0.4 is 16.6 Å². The minimum absolute atomic E-state index is 0.164. The van der Waals surface area contributed by atoms with E-state index in [0.717, 1.165) is 17.7 Å². The second-order valence-corrected chi connectivity index (χ2v) is 7.61. The Morgan fingerprint density at radius 2 is 1.79 bits per heavy atom. The summed E-state index contributed by atoms with van der Waals surface area (Å²) < 4.78 is 1.78. The number of amides is 1. The smallest absolute Gasteiger partial charge is 0.275 e. The number of thioether (sulfide) groups is 1. The first-order chi connectivity index (χ1) is 13.5. The van der Waals surface area contributed by atoms with Gasteiger partial charge in [0.15, 0.2) is 5.16 Å². The maximum atomic E-state index is 12.5. The zero-order valence-electron chi connectivity index (χ0n) is 15.5. The number of carbonyl (C=O) groups is 1. The normalized spacial score (nSPS) is 11.8. The van der Waals surface area contributed by atoms with E-state index in [1.165, 1.54) is 17.8 Å². The van der Waals surface area contributed by atoms with Crippen molar-refractivity contribution in [3.63, 3.8) is 0 Å². The molecule has 6 nitrogen and oxygen atoms in total. The second kappa shape index (κ2) is 9.23. The Labute approximate surface area is 167 Å². The molecular weight excluding hydrogens is 372 g/mol. The summed E-state index contributed by atoms with van der Waals surface area (Å²) in [7, 11) is 0. The van der Waals surface area contributed by atoms with Crippen LogP contribution in [0.1, 0.15) is 12.5 Å². The van der Waals surface area contributed by atoms with Crippen molar-refractivity contribution in [2.45, 2.75) is 30.3 Å². The molecule has 0 saturated carbocycles. The fourth-order valence-electron chi connectivity index (χ4n) is 2.68. The molecule has 0 radical (unpaired) electrons. The van der Waals surface area contributed by atoms with E-state index in [-0.39, 0.29) is 5.91 Å². The van der Waals surface area contributed by atoms with E-state index >= 15 is 0 Å². The van der Waals surface area contributed by atoms with Gasteiger partial charge in [-0.15, -0.1) is 0 Å². The van der Waals surface area contributed by atoms with E-state index in [1.807, 2.05) is 60.7 Å². The Morgan fingerprint density at radius 1 is 1.14 bits per heavy atom. The largest absolute Gasteiger partial charge is 0.385 e. The van der Waals surface area contributed by atoms with Gasteiger partial charge in [-0.2, -0.15) is 4.98 Å². The van der Waals surface area contributed by atoms with Crippen LogP contribution in [-0.2, 0) is 17.8 Å². The van der Waals surface area contributed by atoms with Gasteiger partial charge in [0.05, 0.1) is 5.25 Å². The van der Waals surface area contributed by atoms with Gasteiger partial charge in [-0.05, 0) is 31.0 Å². The molecule has 28 heavy (non-hydrogen) atoms. The van der Waals surface area contributed by atoms with Gasteiger partial charge in [0.1, 0.15) is 5.82 Å². The molecule has 0 fully saturated rings. The SMILES string of the molecule is CC(Sc1nc(=O)cc(N)n1CCc1ccccc1)C(=O)Nc1ccccc1. The maximum absolute atomic E-state index is 12.5. The van der Waals surface area contributed by atoms with E-state index in [1.54, 1.807) is 11.5 Å². The average Bonchev–Trinajstić information content (AvgIpc) is 2.68. The maximum Gasteiger partial charge on any atom is 0.275 e. The molecular formula is C21H22N4O2S. The summed E-state index contributed by atoms with van der Waals surface area (Å²) in [4.78, 5) is 28.4. The Balaban J connectivity index is 1.74. The van der Waals surface area contributed by atoms with Crippen LogP contribution in [0.3, 0.4) is 0 Å². The number of nitrogens with one attached hydrogen (secondary N) is 1. The Hall–Kier alpha value is -3.06. The van der Waals surface area contributed by atoms with Gasteiger partial charge < -0.3 is 15.6 Å². The zero-order chi connectivity index (χ0) is 19.9. The van der Waals surface area contributed by atoms with Crippen molar-refractivity contribution in [1.82, 2.24) is 9.55 Å². The number of anilines is 2. The van der Waals surface area contributed by atoms with Crippen molar-refractivity contribution in [2.24, 2.45) is 0 Å². The molecule has 1 amide bonds. The third-order valence-electron chi connectivity index (χ3n) is 4.18. The van der Waals surface area contributed by atoms with Gasteiger partial charge >= 0.3 is 0 Å². The first-order valence-electron chi connectivity index (χ1n) is 8.97. The molecule has 3 rings (SSSR count). The van der Waals surface area contributed by atoms with E-state index in [2.05, 4.69) is 10.3 Å². The highest BCUT2D eigenvalue weighted by Gasteiger charge is 2.18. The van der Waals surface area contributed by atoms with Crippen LogP contribution in [0.25, 0.3) is 0 Å². The lowest BCUT2D eigenvalue weighted by molar-refractivity contribution is -0.115. The molecule has 0 saturated heterocycles. The van der Waals surface area contributed by atoms with Crippen molar-refractivity contribution in [3.05, 3.63) is 82.6 Å². The quantitative estimate of drug-likeness (QED) is 0.474. The highest BCUT2D eigenvalue weighted by molar-refractivity contribution is 8.00. The topological polar surface area (TPSA) is 90.0 Å². The first kappa shape index (κ1) is 19.7. The van der Waals surface area contributed by atoms with Crippen molar-refractivity contribution in [2.75, 3.05) is 11.1 Å². The minimum atomic E-state index is -0.447. The number of aromatic nitrogens is 2. The number of nitrogens with two attached hydrogens (primary N) is 1. The number of carbonyl (C=O) groups excluding carboxylic acids is 1. The van der Waals surface area contributed by atoms with Gasteiger partial charge in [-0.3, -0.25) is 9.59 Å². The highest BCUT2D eigenvalue weighted by atomic mass is 32.2. The van der Waals surface area contributed by atoms with E-state index in [4.69, 9.17) is 5.73 Å². The summed E-state index contributed by atoms with van der Waals surface area (Å²) in [6, 6.07) is 20.6. The van der Waals surface area contributed by atoms with Crippen LogP contribution >= 0.6 is 11.8 Å². The molecule has 3 aromatic rings. The van der Waals surface area contributed by atoms with E-state index in [9.17, 15) is 9.59 Å². The third kappa shape index (κ3) is 5.23. The standard InChI is InChI=1S/C21H22N4O2S/c1-15(20(27)23-17-10-6-3-7-11-17)28-21-24-19(26)14-18(22)25(21)13-12-16-8-4-2-5-9-16/h2-11,14-15H,12-13,22H2,1H3,(H,23,27). The first-order valence-corrected chi connectivity index (χ1v) is 9.85. The van der Waals surface area contributed by atoms with Gasteiger partial charge in [-0.25, -0.2) is 0 Å². The molecule has 1 aromatic heterocycles. The summed E-state index contributed by atoms with van der Waals surface area (Å²) in [5.74, 6) is 0.177. The van der Waals surface area contributed by atoms with Gasteiger partial charge in [0.2, 0.25) is 5.91 Å². The summed E-state index contributed by atoms with van der Waals surface area (Å²) in [6.07, 6.45) is 0.744. The lowest BCUT2D eigenvalue weighted by Gasteiger charge is -2.17. The number of nitrogen functional groups attached to an aromatic ring is 1. The number of hydrogen-bond acceptors (Lipinski definition) is 5. The molecule has 0 aliphatic heterocycles. The molecule has 0 aliphatic carbocycles. The van der Waals surface area contributed by atoms with Crippen molar-refractivity contribution >= 4 is 29.2 Å². The molecule has 0 aliphatic rings. The molecule has 1 heterocycles. The fraction of sp³-hybridized carbons (Fsp3) is 0.190. The zero-order valence-corrected chi connectivity index (χ0v) is 16.4. The number of benzene rings is 2. The summed E-state index contributed by atoms with van der Waals surface area (Å²) in [5, 5.41) is 2.86. The lowest BCUT2D eigenvalue weighted by Crippen LogP contribution is -2.25. The van der Waals surface area contributed by atoms with E-state index < -0.39 is 10.8 Å². The van der Waals surface area contributed by atoms with Crippen LogP contribution in [0.5, 0.6) is 0 Å². The lowest BCUT2D eigenvalue weighted by atomic mass is 10.1. The Bertz CT molecular complexity index is 990. The van der Waals surface area contributed by atoms with Crippen LogP contribution in [-0.4, -0.2) is 20.7 Å². The predicted molar refractivity (Wildman–Crippen MR) is 113 cm³/mol. The number of para-hydroxylation sites is 1. The molecule has 2 aromatic carbocycles. The number of nitrogens with zero attached hydrogens (tertiary/aromatic N) is 2. The molecule has 0 bridgehead atoms. The minimum Gasteiger partial charge on any atom is -0.385 e. The van der Waals surface area contributed by atoms with Crippen LogP contribution in [0.2, 0.25) is 0 Å². The monoisotopic (exact) mass is 394 g/mol. The number of rotatable bonds is 7. The molecule has 7 heteroatoms. The van der Waals surface area contributed by atoms with Crippen LogP contribution in [0.15, 0.2) is 76.7 Å². The Kier molecular flexibility index (Phi) is 6.49. The number of aryl methyl sites for hydroxylation is 1. The van der Waals surface area contributed by atoms with Gasteiger partial charge in [0, 0.05) is 18.3 Å². The predicted octanol–water partition coefficient (Wildman–Crippen LogP) is 3.19. The number of hydrogen-bond donors (Lipinski definition) is 2. The highest BCUT2D eigenvalue weighted by Crippen LogP contribution is 2.24. The summed E-state index contributed by atoms with van der Waals surface area (Å²) in [6.45, 7) is 2.35. The molecule has 1 atom stereocenters. The third-order valence-corrected chi connectivity index (χ3v) is 5.27. The molecule has 3 N–H and O–H groups in total.